The largest absolute Gasteiger partial charge is 0.467 e. The number of nitrogens with zero attached hydrogens (tertiary/aromatic N) is 2. The van der Waals surface area contributed by atoms with Crippen LogP contribution in [0.1, 0.15) is 45.8 Å². The van der Waals surface area contributed by atoms with E-state index in [1.807, 2.05) is 32.9 Å². The molecule has 2 heterocycles. The molecule has 0 bridgehead atoms. The van der Waals surface area contributed by atoms with E-state index in [-0.39, 0.29) is 30.6 Å². The maximum absolute atomic E-state index is 13.0. The average Bonchev–Trinajstić information content (AvgIpc) is 3.32. The van der Waals surface area contributed by atoms with Gasteiger partial charge in [-0.05, 0) is 45.2 Å². The Hall–Kier alpha value is -2.02. The zero-order chi connectivity index (χ0) is 18.9. The van der Waals surface area contributed by atoms with Gasteiger partial charge in [-0.2, -0.15) is 0 Å². The Labute approximate surface area is 155 Å². The molecular formula is C19H31N3O4. The van der Waals surface area contributed by atoms with E-state index in [0.29, 0.717) is 19.6 Å². The van der Waals surface area contributed by atoms with E-state index in [0.717, 1.165) is 31.6 Å². The molecule has 1 aliphatic rings. The van der Waals surface area contributed by atoms with E-state index in [1.54, 1.807) is 16.1 Å². The predicted molar refractivity (Wildman–Crippen MR) is 98.6 cm³/mol. The van der Waals surface area contributed by atoms with E-state index in [2.05, 4.69) is 5.32 Å². The normalized spacial score (nSPS) is 17.7. The number of furan rings is 1. The summed E-state index contributed by atoms with van der Waals surface area (Å²) in [4.78, 5) is 28.7. The molecule has 26 heavy (non-hydrogen) atoms. The summed E-state index contributed by atoms with van der Waals surface area (Å²) in [5.74, 6) is 0.632. The van der Waals surface area contributed by atoms with Crippen molar-refractivity contribution in [3.63, 3.8) is 0 Å². The Morgan fingerprint density at radius 3 is 2.77 bits per heavy atom. The summed E-state index contributed by atoms with van der Waals surface area (Å²) >= 11 is 0. The molecule has 0 radical (unpaired) electrons. The third kappa shape index (κ3) is 5.76. The predicted octanol–water partition coefficient (Wildman–Crippen LogP) is 2.62. The second-order valence-corrected chi connectivity index (χ2v) is 6.71. The van der Waals surface area contributed by atoms with Gasteiger partial charge in [-0.3, -0.25) is 4.79 Å². The molecule has 0 saturated carbocycles. The minimum Gasteiger partial charge on any atom is -0.467 e. The van der Waals surface area contributed by atoms with Crippen LogP contribution in [-0.4, -0.2) is 60.1 Å². The lowest BCUT2D eigenvalue weighted by Gasteiger charge is -2.31. The van der Waals surface area contributed by atoms with Crippen LogP contribution in [-0.2, 0) is 16.1 Å². The first-order chi connectivity index (χ1) is 12.5. The van der Waals surface area contributed by atoms with Gasteiger partial charge in [-0.25, -0.2) is 4.79 Å². The number of ether oxygens (including phenoxy) is 1. The SMILES string of the molecule is CCNC(=O)N(CC(=O)N(Cc1ccco1)C[C@@H]1CCCO1)[C@H](C)CC. The molecule has 1 N–H and O–H groups in total. The summed E-state index contributed by atoms with van der Waals surface area (Å²) in [5.41, 5.74) is 0. The van der Waals surface area contributed by atoms with Gasteiger partial charge >= 0.3 is 6.03 Å². The Kier molecular flexibility index (Phi) is 7.97. The van der Waals surface area contributed by atoms with Gasteiger partial charge in [-0.1, -0.05) is 6.92 Å². The number of carbonyl (C=O) groups is 2. The van der Waals surface area contributed by atoms with Gasteiger partial charge in [0.05, 0.1) is 18.9 Å². The lowest BCUT2D eigenvalue weighted by molar-refractivity contribution is -0.134. The second-order valence-electron chi connectivity index (χ2n) is 6.71. The third-order valence-electron chi connectivity index (χ3n) is 4.74. The number of hydrogen-bond acceptors (Lipinski definition) is 4. The number of amides is 3. The van der Waals surface area contributed by atoms with Gasteiger partial charge in [-0.15, -0.1) is 0 Å². The van der Waals surface area contributed by atoms with Crippen molar-refractivity contribution in [2.45, 2.75) is 58.7 Å². The van der Waals surface area contributed by atoms with Crippen molar-refractivity contribution in [2.24, 2.45) is 0 Å². The molecule has 7 nitrogen and oxygen atoms in total. The molecule has 7 heteroatoms. The fraction of sp³-hybridized carbons (Fsp3) is 0.684. The molecule has 2 rings (SSSR count). The van der Waals surface area contributed by atoms with Crippen molar-refractivity contribution in [2.75, 3.05) is 26.2 Å². The minimum atomic E-state index is -0.203. The molecular weight excluding hydrogens is 334 g/mol. The molecule has 1 aromatic heterocycles. The molecule has 0 aromatic carbocycles. The zero-order valence-corrected chi connectivity index (χ0v) is 16.1. The smallest absolute Gasteiger partial charge is 0.318 e. The Bertz CT molecular complexity index is 555. The van der Waals surface area contributed by atoms with E-state index < -0.39 is 0 Å². The number of rotatable bonds is 9. The molecule has 0 aliphatic carbocycles. The van der Waals surface area contributed by atoms with Crippen LogP contribution in [0.15, 0.2) is 22.8 Å². The van der Waals surface area contributed by atoms with Crippen LogP contribution in [0.5, 0.6) is 0 Å². The monoisotopic (exact) mass is 365 g/mol. The van der Waals surface area contributed by atoms with Crippen LogP contribution in [0.25, 0.3) is 0 Å². The lowest BCUT2D eigenvalue weighted by Crippen LogP contribution is -2.51. The van der Waals surface area contributed by atoms with Crippen molar-refractivity contribution >= 4 is 11.9 Å². The lowest BCUT2D eigenvalue weighted by atomic mass is 10.2. The standard InChI is InChI=1S/C19H31N3O4/c1-4-15(3)22(19(24)20-5-2)14-18(23)21(12-16-8-6-10-25-16)13-17-9-7-11-26-17/h6,8,10,15,17H,4-5,7,9,11-14H2,1-3H3,(H,20,24)/t15-,17+/m1/s1. The highest BCUT2D eigenvalue weighted by molar-refractivity contribution is 5.84. The first-order valence-electron chi connectivity index (χ1n) is 9.51. The molecule has 1 aromatic rings. The molecule has 0 unspecified atom stereocenters. The summed E-state index contributed by atoms with van der Waals surface area (Å²) in [5, 5.41) is 2.80. The molecule has 1 saturated heterocycles. The Morgan fingerprint density at radius 2 is 2.19 bits per heavy atom. The van der Waals surface area contributed by atoms with Gasteiger partial charge in [0.25, 0.3) is 0 Å². The maximum atomic E-state index is 13.0. The van der Waals surface area contributed by atoms with Crippen molar-refractivity contribution in [1.82, 2.24) is 15.1 Å². The molecule has 146 valence electrons. The molecule has 2 atom stereocenters. The van der Waals surface area contributed by atoms with Crippen LogP contribution in [0.2, 0.25) is 0 Å². The number of urea groups is 1. The first-order valence-corrected chi connectivity index (χ1v) is 9.51. The quantitative estimate of drug-likeness (QED) is 0.730. The summed E-state index contributed by atoms with van der Waals surface area (Å²) in [6, 6.07) is 3.44. The van der Waals surface area contributed by atoms with Gasteiger partial charge in [0.15, 0.2) is 0 Å². The average molecular weight is 365 g/mol. The highest BCUT2D eigenvalue weighted by Crippen LogP contribution is 2.16. The maximum Gasteiger partial charge on any atom is 0.318 e. The summed E-state index contributed by atoms with van der Waals surface area (Å²) in [6.45, 7) is 8.06. The Balaban J connectivity index is 2.07. The fourth-order valence-electron chi connectivity index (χ4n) is 3.03. The van der Waals surface area contributed by atoms with Gasteiger partial charge in [0, 0.05) is 25.7 Å². The first kappa shape index (κ1) is 20.3. The molecule has 1 fully saturated rings. The van der Waals surface area contributed by atoms with E-state index in [9.17, 15) is 9.59 Å². The highest BCUT2D eigenvalue weighted by atomic mass is 16.5. The van der Waals surface area contributed by atoms with Gasteiger partial charge in [0.2, 0.25) is 5.91 Å². The van der Waals surface area contributed by atoms with Gasteiger partial charge < -0.3 is 24.3 Å². The number of carbonyl (C=O) groups excluding carboxylic acids is 2. The Morgan fingerprint density at radius 1 is 1.38 bits per heavy atom. The third-order valence-corrected chi connectivity index (χ3v) is 4.74. The van der Waals surface area contributed by atoms with Crippen LogP contribution in [0, 0.1) is 0 Å². The summed E-state index contributed by atoms with van der Waals surface area (Å²) < 4.78 is 11.1. The fourth-order valence-corrected chi connectivity index (χ4v) is 3.03. The number of nitrogens with one attached hydrogen (secondary N) is 1. The number of hydrogen-bond donors (Lipinski definition) is 1. The van der Waals surface area contributed by atoms with Crippen LogP contribution in [0.4, 0.5) is 4.79 Å². The van der Waals surface area contributed by atoms with Crippen LogP contribution >= 0.6 is 0 Å². The summed E-state index contributed by atoms with van der Waals surface area (Å²) in [7, 11) is 0. The van der Waals surface area contributed by atoms with E-state index in [1.165, 1.54) is 0 Å². The van der Waals surface area contributed by atoms with Gasteiger partial charge in [0.1, 0.15) is 12.3 Å². The van der Waals surface area contributed by atoms with Crippen LogP contribution in [0.3, 0.4) is 0 Å². The van der Waals surface area contributed by atoms with Crippen molar-refractivity contribution < 1.29 is 18.7 Å². The molecule has 0 spiro atoms. The minimum absolute atomic E-state index is 0.0151. The molecule has 1 aliphatic heterocycles. The van der Waals surface area contributed by atoms with Crippen molar-refractivity contribution in [1.29, 1.82) is 0 Å². The van der Waals surface area contributed by atoms with E-state index >= 15 is 0 Å². The molecule has 3 amide bonds. The van der Waals surface area contributed by atoms with E-state index in [4.69, 9.17) is 9.15 Å². The van der Waals surface area contributed by atoms with Crippen LogP contribution < -0.4 is 5.32 Å². The zero-order valence-electron chi connectivity index (χ0n) is 16.1. The summed E-state index contributed by atoms with van der Waals surface area (Å²) in [6.07, 6.45) is 4.41. The van der Waals surface area contributed by atoms with Crippen molar-refractivity contribution in [3.8, 4) is 0 Å². The highest BCUT2D eigenvalue weighted by Gasteiger charge is 2.27. The topological polar surface area (TPSA) is 75.0 Å². The second kappa shape index (κ2) is 10.2. The van der Waals surface area contributed by atoms with Crippen molar-refractivity contribution in [3.05, 3.63) is 24.2 Å².